The number of furan rings is 1. The van der Waals surface area contributed by atoms with Gasteiger partial charge in [0.15, 0.2) is 0 Å². The van der Waals surface area contributed by atoms with Crippen LogP contribution in [0.3, 0.4) is 0 Å². The lowest BCUT2D eigenvalue weighted by molar-refractivity contribution is 0.659. The van der Waals surface area contributed by atoms with Crippen LogP contribution in [0.15, 0.2) is 167 Å². The van der Waals surface area contributed by atoms with Crippen molar-refractivity contribution in [1.29, 1.82) is 0 Å². The largest absolute Gasteiger partial charge is 0.456 e. The Morgan fingerprint density at radius 3 is 2.17 bits per heavy atom. The van der Waals surface area contributed by atoms with Gasteiger partial charge >= 0.3 is 0 Å². The molecule has 6 aromatic carbocycles. The molecule has 2 heterocycles. The molecule has 0 fully saturated rings. The van der Waals surface area contributed by atoms with Crippen LogP contribution in [-0.2, 0) is 0 Å². The molecule has 3 aliphatic rings. The Hall–Kier alpha value is -5.60. The molecule has 1 aromatic heterocycles. The van der Waals surface area contributed by atoms with Gasteiger partial charge in [-0.05, 0) is 105 Å². The van der Waals surface area contributed by atoms with Crippen molar-refractivity contribution in [2.24, 2.45) is 5.92 Å². The highest BCUT2D eigenvalue weighted by atomic mass is 16.3. The lowest BCUT2D eigenvalue weighted by Crippen LogP contribution is -2.32. The van der Waals surface area contributed by atoms with E-state index in [1.165, 1.54) is 66.0 Å². The number of hydrogen-bond donors (Lipinski definition) is 0. The number of benzene rings is 6. The van der Waals surface area contributed by atoms with E-state index < -0.39 is 0 Å². The molecule has 0 bridgehead atoms. The third kappa shape index (κ3) is 3.83. The minimum atomic E-state index is 0.288. The monoisotopic (exact) mass is 589 g/mol. The van der Waals surface area contributed by atoms with Gasteiger partial charge in [0, 0.05) is 28.1 Å². The SMILES string of the molecule is C1=CC2C3=C(C=C(c4ccc5c(c4)oc4ccccc45)CC3)N(c3ccc(-c4cc5ccccc5c5ccccc45)cc3)C2C=C1. The van der Waals surface area contributed by atoms with Crippen molar-refractivity contribution in [3.63, 3.8) is 0 Å². The summed E-state index contributed by atoms with van der Waals surface area (Å²) in [6.45, 7) is 0. The fourth-order valence-electron chi connectivity index (χ4n) is 8.17. The van der Waals surface area contributed by atoms with E-state index in [-0.39, 0.29) is 6.04 Å². The predicted molar refractivity (Wildman–Crippen MR) is 193 cm³/mol. The van der Waals surface area contributed by atoms with Crippen LogP contribution in [0.1, 0.15) is 18.4 Å². The smallest absolute Gasteiger partial charge is 0.136 e. The maximum absolute atomic E-state index is 6.27. The maximum Gasteiger partial charge on any atom is 0.136 e. The second-order valence-corrected chi connectivity index (χ2v) is 12.8. The Morgan fingerprint density at radius 1 is 0.565 bits per heavy atom. The van der Waals surface area contributed by atoms with Gasteiger partial charge in [0.05, 0.1) is 6.04 Å². The highest BCUT2D eigenvalue weighted by Gasteiger charge is 2.40. The van der Waals surface area contributed by atoms with Gasteiger partial charge in [-0.1, -0.05) is 109 Å². The van der Waals surface area contributed by atoms with Crippen molar-refractivity contribution < 1.29 is 4.42 Å². The van der Waals surface area contributed by atoms with Gasteiger partial charge in [-0.3, -0.25) is 0 Å². The summed E-state index contributed by atoms with van der Waals surface area (Å²) in [5.74, 6) is 0.403. The molecule has 1 aliphatic heterocycles. The predicted octanol–water partition coefficient (Wildman–Crippen LogP) is 11.6. The zero-order valence-corrected chi connectivity index (χ0v) is 25.4. The standard InChI is InChI=1S/C44H31NO/c1-2-10-33-31(9-1)25-40(35-12-4-3-11-34(33)35)28-17-21-32(22-18-28)45-41-15-7-5-13-36(41)37-23-19-29(26-42(37)45)30-20-24-39-38-14-6-8-16-43(38)46-44(39)27-30/h1-18,20-22,24-27,36,41H,19,23H2. The molecule has 2 nitrogen and oxygen atoms in total. The highest BCUT2D eigenvalue weighted by Crippen LogP contribution is 2.48. The molecule has 0 spiro atoms. The summed E-state index contributed by atoms with van der Waals surface area (Å²) in [5.41, 5.74) is 11.2. The van der Waals surface area contributed by atoms with Gasteiger partial charge in [-0.25, -0.2) is 0 Å². The van der Waals surface area contributed by atoms with Crippen molar-refractivity contribution >= 4 is 54.7 Å². The van der Waals surface area contributed by atoms with Gasteiger partial charge in [0.25, 0.3) is 0 Å². The fraction of sp³-hybridized carbons (Fsp3) is 0.0909. The number of hydrogen-bond acceptors (Lipinski definition) is 2. The molecule has 2 atom stereocenters. The molecule has 218 valence electrons. The van der Waals surface area contributed by atoms with Crippen LogP contribution < -0.4 is 4.90 Å². The first-order valence-electron chi connectivity index (χ1n) is 16.3. The number of para-hydroxylation sites is 1. The van der Waals surface area contributed by atoms with E-state index in [1.54, 1.807) is 5.57 Å². The summed E-state index contributed by atoms with van der Waals surface area (Å²) in [6.07, 6.45) is 13.8. The van der Waals surface area contributed by atoms with Gasteiger partial charge in [0.2, 0.25) is 0 Å². The van der Waals surface area contributed by atoms with E-state index in [2.05, 4.69) is 151 Å². The quantitative estimate of drug-likeness (QED) is 0.191. The van der Waals surface area contributed by atoms with E-state index in [1.807, 2.05) is 6.07 Å². The second-order valence-electron chi connectivity index (χ2n) is 12.8. The van der Waals surface area contributed by atoms with Crippen molar-refractivity contribution in [3.05, 3.63) is 169 Å². The first-order chi connectivity index (χ1) is 22.8. The molecule has 2 heteroatoms. The van der Waals surface area contributed by atoms with Crippen molar-refractivity contribution in [2.45, 2.75) is 18.9 Å². The summed E-state index contributed by atoms with van der Waals surface area (Å²) in [5, 5.41) is 7.53. The molecular weight excluding hydrogens is 558 g/mol. The van der Waals surface area contributed by atoms with Crippen molar-refractivity contribution in [2.75, 3.05) is 4.90 Å². The molecule has 2 unspecified atom stereocenters. The van der Waals surface area contributed by atoms with Crippen molar-refractivity contribution in [1.82, 2.24) is 0 Å². The van der Waals surface area contributed by atoms with Crippen LogP contribution in [0.4, 0.5) is 5.69 Å². The number of anilines is 1. The van der Waals surface area contributed by atoms with E-state index in [0.29, 0.717) is 5.92 Å². The summed E-state index contributed by atoms with van der Waals surface area (Å²) in [4.78, 5) is 2.57. The minimum absolute atomic E-state index is 0.288. The van der Waals surface area contributed by atoms with Crippen LogP contribution >= 0.6 is 0 Å². The third-order valence-electron chi connectivity index (χ3n) is 10.3. The number of fused-ring (bicyclic) bond motifs is 8. The highest BCUT2D eigenvalue weighted by molar-refractivity contribution is 6.13. The molecule has 0 saturated heterocycles. The maximum atomic E-state index is 6.27. The van der Waals surface area contributed by atoms with Gasteiger partial charge in [-0.2, -0.15) is 0 Å². The topological polar surface area (TPSA) is 16.4 Å². The summed E-state index contributed by atoms with van der Waals surface area (Å²) >= 11 is 0. The summed E-state index contributed by atoms with van der Waals surface area (Å²) < 4.78 is 6.27. The Balaban J connectivity index is 1.06. The van der Waals surface area contributed by atoms with E-state index in [9.17, 15) is 0 Å². The number of nitrogens with zero attached hydrogens (tertiary/aromatic N) is 1. The Morgan fingerprint density at radius 2 is 1.28 bits per heavy atom. The summed E-state index contributed by atoms with van der Waals surface area (Å²) in [6, 6.07) is 44.5. The average Bonchev–Trinajstić information content (AvgIpc) is 3.66. The average molecular weight is 590 g/mol. The molecule has 7 aromatic rings. The van der Waals surface area contributed by atoms with Gasteiger partial charge in [-0.15, -0.1) is 0 Å². The van der Waals surface area contributed by atoms with E-state index >= 15 is 0 Å². The second kappa shape index (κ2) is 9.95. The Bertz CT molecular complexity index is 2490. The molecule has 10 rings (SSSR count). The lowest BCUT2D eigenvalue weighted by atomic mass is 9.84. The summed E-state index contributed by atoms with van der Waals surface area (Å²) in [7, 11) is 0. The lowest BCUT2D eigenvalue weighted by Gasteiger charge is -2.30. The molecule has 0 amide bonds. The molecular formula is C44H31NO. The van der Waals surface area contributed by atoms with Crippen LogP contribution in [-0.4, -0.2) is 6.04 Å². The molecule has 0 saturated carbocycles. The molecule has 0 N–H and O–H groups in total. The normalized spacial score (nSPS) is 19.0. The third-order valence-corrected chi connectivity index (χ3v) is 10.3. The Kier molecular flexibility index (Phi) is 5.56. The fourth-order valence-corrected chi connectivity index (χ4v) is 8.17. The molecule has 46 heavy (non-hydrogen) atoms. The van der Waals surface area contributed by atoms with Gasteiger partial charge < -0.3 is 9.32 Å². The van der Waals surface area contributed by atoms with Crippen LogP contribution in [0.25, 0.3) is 60.2 Å². The van der Waals surface area contributed by atoms with Crippen molar-refractivity contribution in [3.8, 4) is 11.1 Å². The number of allylic oxidation sites excluding steroid dienone is 4. The zero-order valence-electron chi connectivity index (χ0n) is 25.4. The van der Waals surface area contributed by atoms with Crippen LogP contribution in [0, 0.1) is 5.92 Å². The Labute approximate surface area is 267 Å². The first-order valence-corrected chi connectivity index (χ1v) is 16.3. The molecule has 2 aliphatic carbocycles. The first kappa shape index (κ1) is 25.7. The molecule has 0 radical (unpaired) electrons. The van der Waals surface area contributed by atoms with E-state index in [0.717, 1.165) is 24.0 Å². The minimum Gasteiger partial charge on any atom is -0.456 e. The van der Waals surface area contributed by atoms with Crippen LogP contribution in [0.5, 0.6) is 0 Å². The van der Waals surface area contributed by atoms with Gasteiger partial charge in [0.1, 0.15) is 11.2 Å². The van der Waals surface area contributed by atoms with E-state index in [4.69, 9.17) is 4.42 Å². The van der Waals surface area contributed by atoms with Crippen LogP contribution in [0.2, 0.25) is 0 Å². The zero-order chi connectivity index (χ0) is 30.2. The number of rotatable bonds is 3.